The maximum Gasteiger partial charge on any atom is 0.295 e. The summed E-state index contributed by atoms with van der Waals surface area (Å²) >= 11 is 0. The van der Waals surface area contributed by atoms with Crippen molar-refractivity contribution in [2.75, 3.05) is 38.3 Å². The average molecular weight is 276 g/mol. The minimum Gasteiger partial charge on any atom is -0.424 e. The predicted molar refractivity (Wildman–Crippen MR) is 76.9 cm³/mol. The largest absolute Gasteiger partial charge is 0.424 e. The molecule has 0 amide bonds. The number of benzene rings is 1. The molecule has 5 nitrogen and oxygen atoms in total. The second kappa shape index (κ2) is 6.72. The zero-order valence-corrected chi connectivity index (χ0v) is 11.5. The zero-order chi connectivity index (χ0) is 13.6. The molecule has 108 valence electrons. The fourth-order valence-corrected chi connectivity index (χ4v) is 2.28. The van der Waals surface area contributed by atoms with Crippen LogP contribution in [0.3, 0.4) is 0 Å². The standard InChI is InChI=1S/C15H20N2O3/c1-2-5-14-13(4-1)17-15(20-14)16-7-3-8-18-10-12-6-9-19-11-12/h1-2,4-5,12H,3,6-11H2,(H,16,17). The van der Waals surface area contributed by atoms with Gasteiger partial charge in [-0.2, -0.15) is 4.98 Å². The van der Waals surface area contributed by atoms with E-state index in [2.05, 4.69) is 10.3 Å². The molecule has 5 heteroatoms. The number of aromatic nitrogens is 1. The third kappa shape index (κ3) is 3.49. The molecule has 1 fully saturated rings. The van der Waals surface area contributed by atoms with Crippen LogP contribution in [-0.4, -0.2) is 38.0 Å². The molecule has 2 aromatic rings. The number of ether oxygens (including phenoxy) is 2. The second-order valence-corrected chi connectivity index (χ2v) is 5.07. The predicted octanol–water partition coefficient (Wildman–Crippen LogP) is 2.68. The van der Waals surface area contributed by atoms with Crippen LogP contribution < -0.4 is 5.32 Å². The van der Waals surface area contributed by atoms with E-state index in [0.29, 0.717) is 11.9 Å². The molecule has 1 unspecified atom stereocenters. The lowest BCUT2D eigenvalue weighted by atomic mass is 10.1. The van der Waals surface area contributed by atoms with E-state index < -0.39 is 0 Å². The molecule has 20 heavy (non-hydrogen) atoms. The van der Waals surface area contributed by atoms with Gasteiger partial charge in [0.15, 0.2) is 5.58 Å². The quantitative estimate of drug-likeness (QED) is 0.788. The smallest absolute Gasteiger partial charge is 0.295 e. The molecule has 1 N–H and O–H groups in total. The number of oxazole rings is 1. The number of rotatable bonds is 7. The summed E-state index contributed by atoms with van der Waals surface area (Å²) in [5, 5.41) is 3.18. The van der Waals surface area contributed by atoms with E-state index in [4.69, 9.17) is 13.9 Å². The first-order valence-corrected chi connectivity index (χ1v) is 7.17. The van der Waals surface area contributed by atoms with Crippen LogP contribution in [0.1, 0.15) is 12.8 Å². The molecule has 1 atom stereocenters. The van der Waals surface area contributed by atoms with Crippen molar-refractivity contribution in [1.82, 2.24) is 4.98 Å². The van der Waals surface area contributed by atoms with E-state index in [-0.39, 0.29) is 0 Å². The van der Waals surface area contributed by atoms with Gasteiger partial charge in [0.05, 0.1) is 13.2 Å². The van der Waals surface area contributed by atoms with Gasteiger partial charge in [0.2, 0.25) is 0 Å². The molecule has 2 heterocycles. The van der Waals surface area contributed by atoms with Gasteiger partial charge in [0, 0.05) is 25.7 Å². The number of para-hydroxylation sites is 2. The van der Waals surface area contributed by atoms with Gasteiger partial charge in [-0.05, 0) is 25.0 Å². The zero-order valence-electron chi connectivity index (χ0n) is 11.5. The van der Waals surface area contributed by atoms with Crippen LogP contribution in [0.25, 0.3) is 11.1 Å². The maximum atomic E-state index is 5.64. The molecule has 1 aliphatic heterocycles. The summed E-state index contributed by atoms with van der Waals surface area (Å²) in [7, 11) is 0. The van der Waals surface area contributed by atoms with Gasteiger partial charge in [-0.15, -0.1) is 0 Å². The minimum absolute atomic E-state index is 0.579. The summed E-state index contributed by atoms with van der Waals surface area (Å²) in [5.74, 6) is 0.583. The Bertz CT molecular complexity index is 502. The molecule has 1 aromatic heterocycles. The first-order chi connectivity index (χ1) is 9.92. The SMILES string of the molecule is c1ccc2oc(NCCCOCC3CCOC3)nc2c1. The molecule has 1 aromatic carbocycles. The molecular weight excluding hydrogens is 256 g/mol. The molecule has 0 spiro atoms. The molecule has 0 saturated carbocycles. The molecular formula is C15H20N2O3. The highest BCUT2D eigenvalue weighted by molar-refractivity contribution is 5.74. The number of nitrogens with zero attached hydrogens (tertiary/aromatic N) is 1. The van der Waals surface area contributed by atoms with Crippen molar-refractivity contribution in [1.29, 1.82) is 0 Å². The van der Waals surface area contributed by atoms with E-state index in [9.17, 15) is 0 Å². The Morgan fingerprint density at radius 3 is 3.15 bits per heavy atom. The summed E-state index contributed by atoms with van der Waals surface area (Å²) in [5.41, 5.74) is 1.69. The Labute approximate surface area is 118 Å². The van der Waals surface area contributed by atoms with Gasteiger partial charge in [-0.25, -0.2) is 0 Å². The van der Waals surface area contributed by atoms with Crippen LogP contribution in [0, 0.1) is 5.92 Å². The van der Waals surface area contributed by atoms with Crippen molar-refractivity contribution in [2.45, 2.75) is 12.8 Å². The fraction of sp³-hybridized carbons (Fsp3) is 0.533. The minimum atomic E-state index is 0.579. The van der Waals surface area contributed by atoms with Crippen molar-refractivity contribution in [2.24, 2.45) is 5.92 Å². The van der Waals surface area contributed by atoms with Crippen LogP contribution in [0.15, 0.2) is 28.7 Å². The third-order valence-corrected chi connectivity index (χ3v) is 3.41. The summed E-state index contributed by atoms with van der Waals surface area (Å²) < 4.78 is 16.5. The van der Waals surface area contributed by atoms with Crippen molar-refractivity contribution in [3.63, 3.8) is 0 Å². The van der Waals surface area contributed by atoms with Gasteiger partial charge in [0.25, 0.3) is 6.01 Å². The highest BCUT2D eigenvalue weighted by Crippen LogP contribution is 2.17. The van der Waals surface area contributed by atoms with Crippen LogP contribution in [0.5, 0.6) is 0 Å². The van der Waals surface area contributed by atoms with Crippen molar-refractivity contribution < 1.29 is 13.9 Å². The fourth-order valence-electron chi connectivity index (χ4n) is 2.28. The van der Waals surface area contributed by atoms with Crippen LogP contribution in [0.4, 0.5) is 6.01 Å². The number of fused-ring (bicyclic) bond motifs is 1. The van der Waals surface area contributed by atoms with E-state index in [1.807, 2.05) is 24.3 Å². The maximum absolute atomic E-state index is 5.64. The summed E-state index contributed by atoms with van der Waals surface area (Å²) in [6, 6.07) is 8.33. The van der Waals surface area contributed by atoms with Gasteiger partial charge in [0.1, 0.15) is 5.52 Å². The first kappa shape index (κ1) is 13.4. The Morgan fingerprint density at radius 2 is 2.30 bits per heavy atom. The lowest BCUT2D eigenvalue weighted by Crippen LogP contribution is -2.12. The van der Waals surface area contributed by atoms with Crippen molar-refractivity contribution in [3.05, 3.63) is 24.3 Å². The topological polar surface area (TPSA) is 56.5 Å². The highest BCUT2D eigenvalue weighted by atomic mass is 16.5. The normalized spacial score (nSPS) is 18.7. The summed E-state index contributed by atoms with van der Waals surface area (Å²) in [6.07, 6.45) is 2.06. The summed E-state index contributed by atoms with van der Waals surface area (Å²) in [6.45, 7) is 4.09. The molecule has 1 saturated heterocycles. The average Bonchev–Trinajstić information content (AvgIpc) is 3.11. The van der Waals surface area contributed by atoms with Crippen molar-refractivity contribution >= 4 is 17.1 Å². The Hall–Kier alpha value is -1.59. The lowest BCUT2D eigenvalue weighted by Gasteiger charge is -2.08. The number of hydrogen-bond acceptors (Lipinski definition) is 5. The molecule has 0 aliphatic carbocycles. The van der Waals surface area contributed by atoms with E-state index in [1.54, 1.807) is 0 Å². The van der Waals surface area contributed by atoms with E-state index in [1.165, 1.54) is 0 Å². The van der Waals surface area contributed by atoms with Crippen LogP contribution in [0.2, 0.25) is 0 Å². The van der Waals surface area contributed by atoms with Gasteiger partial charge in [-0.1, -0.05) is 12.1 Å². The van der Waals surface area contributed by atoms with E-state index >= 15 is 0 Å². The van der Waals surface area contributed by atoms with Crippen LogP contribution >= 0.6 is 0 Å². The van der Waals surface area contributed by atoms with Gasteiger partial charge >= 0.3 is 0 Å². The lowest BCUT2D eigenvalue weighted by molar-refractivity contribution is 0.0896. The Morgan fingerprint density at radius 1 is 1.35 bits per heavy atom. The van der Waals surface area contributed by atoms with Gasteiger partial charge in [-0.3, -0.25) is 0 Å². The van der Waals surface area contributed by atoms with Crippen LogP contribution in [-0.2, 0) is 9.47 Å². The monoisotopic (exact) mass is 276 g/mol. The second-order valence-electron chi connectivity index (χ2n) is 5.07. The van der Waals surface area contributed by atoms with E-state index in [0.717, 1.165) is 56.9 Å². The number of anilines is 1. The Balaban J connectivity index is 1.33. The number of nitrogens with one attached hydrogen (secondary N) is 1. The molecule has 1 aliphatic rings. The van der Waals surface area contributed by atoms with Gasteiger partial charge < -0.3 is 19.2 Å². The highest BCUT2D eigenvalue weighted by Gasteiger charge is 2.15. The number of hydrogen-bond donors (Lipinski definition) is 1. The van der Waals surface area contributed by atoms with Crippen molar-refractivity contribution in [3.8, 4) is 0 Å². The third-order valence-electron chi connectivity index (χ3n) is 3.41. The molecule has 0 bridgehead atoms. The first-order valence-electron chi connectivity index (χ1n) is 7.17. The summed E-state index contributed by atoms with van der Waals surface area (Å²) in [4.78, 5) is 4.36. The molecule has 3 rings (SSSR count). The molecule has 0 radical (unpaired) electrons. The Kier molecular flexibility index (Phi) is 4.50.